The number of amides is 1. The first-order valence-corrected chi connectivity index (χ1v) is 10.2. The molecule has 3 aromatic rings. The molecule has 2 heterocycles. The highest BCUT2D eigenvalue weighted by Gasteiger charge is 2.30. The van der Waals surface area contributed by atoms with Crippen molar-refractivity contribution < 1.29 is 4.79 Å². The zero-order valence-corrected chi connectivity index (χ0v) is 16.3. The summed E-state index contributed by atoms with van der Waals surface area (Å²) >= 11 is 1.44. The molecule has 0 N–H and O–H groups in total. The molecule has 1 aromatic heterocycles. The second-order valence-corrected chi connectivity index (χ2v) is 7.64. The molecule has 6 heteroatoms. The van der Waals surface area contributed by atoms with E-state index in [4.69, 9.17) is 0 Å². The van der Waals surface area contributed by atoms with Crippen LogP contribution in [-0.2, 0) is 17.6 Å². The van der Waals surface area contributed by atoms with Crippen molar-refractivity contribution in [2.75, 3.05) is 10.7 Å². The van der Waals surface area contributed by atoms with Crippen molar-refractivity contribution in [3.05, 3.63) is 66.0 Å². The lowest BCUT2D eigenvalue weighted by Crippen LogP contribution is -2.37. The maximum Gasteiger partial charge on any atom is 0.237 e. The van der Waals surface area contributed by atoms with Crippen LogP contribution in [0.1, 0.15) is 25.0 Å². The number of hydrogen-bond acceptors (Lipinski definition) is 4. The number of carbonyl (C=O) groups is 1. The third-order valence-corrected chi connectivity index (χ3v) is 5.88. The molecule has 5 nitrogen and oxygen atoms in total. The summed E-state index contributed by atoms with van der Waals surface area (Å²) in [6, 6.07) is 16.6. The molecule has 0 bridgehead atoms. The van der Waals surface area contributed by atoms with Crippen molar-refractivity contribution >= 4 is 23.4 Å². The highest BCUT2D eigenvalue weighted by atomic mass is 32.2. The van der Waals surface area contributed by atoms with E-state index in [0.29, 0.717) is 5.75 Å². The molecule has 0 saturated carbocycles. The first-order chi connectivity index (χ1) is 13.2. The average molecular weight is 379 g/mol. The standard InChI is InChI=1S/C21H22N4OS/c1-3-16-8-4-6-10-18(16)24-14-22-23-21(24)27-13-20(26)25-15(2)12-17-9-5-7-11-19(17)25/h4-11,14-15H,3,12-13H2,1-2H3/t15-/m1/s1. The first kappa shape index (κ1) is 17.8. The van der Waals surface area contributed by atoms with Crippen molar-refractivity contribution in [2.45, 2.75) is 37.9 Å². The maximum atomic E-state index is 12.9. The van der Waals surface area contributed by atoms with Crippen LogP contribution in [0.25, 0.3) is 5.69 Å². The maximum absolute atomic E-state index is 12.9. The van der Waals surface area contributed by atoms with Gasteiger partial charge in [0.15, 0.2) is 5.16 Å². The van der Waals surface area contributed by atoms with Crippen LogP contribution < -0.4 is 4.90 Å². The van der Waals surface area contributed by atoms with Crippen molar-refractivity contribution in [1.29, 1.82) is 0 Å². The molecule has 138 valence electrons. The molecule has 2 aromatic carbocycles. The van der Waals surface area contributed by atoms with E-state index >= 15 is 0 Å². The fourth-order valence-corrected chi connectivity index (χ4v) is 4.46. The van der Waals surface area contributed by atoms with Gasteiger partial charge in [-0.05, 0) is 43.0 Å². The summed E-state index contributed by atoms with van der Waals surface area (Å²) in [6.45, 7) is 4.23. The molecular weight excluding hydrogens is 356 g/mol. The van der Waals surface area contributed by atoms with E-state index in [9.17, 15) is 4.79 Å². The molecule has 0 radical (unpaired) electrons. The summed E-state index contributed by atoms with van der Waals surface area (Å²) in [5.41, 5.74) is 4.57. The van der Waals surface area contributed by atoms with Gasteiger partial charge in [-0.3, -0.25) is 9.36 Å². The Morgan fingerprint density at radius 1 is 1.15 bits per heavy atom. The second kappa shape index (κ2) is 7.56. The minimum Gasteiger partial charge on any atom is -0.308 e. The van der Waals surface area contributed by atoms with E-state index in [2.05, 4.69) is 42.2 Å². The van der Waals surface area contributed by atoms with Gasteiger partial charge < -0.3 is 4.90 Å². The van der Waals surface area contributed by atoms with Gasteiger partial charge in [-0.1, -0.05) is 55.1 Å². The van der Waals surface area contributed by atoms with Crippen LogP contribution in [0, 0.1) is 0 Å². The largest absolute Gasteiger partial charge is 0.308 e. The number of anilines is 1. The first-order valence-electron chi connectivity index (χ1n) is 9.20. The third kappa shape index (κ3) is 3.37. The molecule has 0 aliphatic carbocycles. The predicted octanol–water partition coefficient (Wildman–Crippen LogP) is 3.90. The number of aryl methyl sites for hydroxylation is 1. The summed E-state index contributed by atoms with van der Waals surface area (Å²) in [6.07, 6.45) is 3.56. The van der Waals surface area contributed by atoms with Crippen LogP contribution in [0.4, 0.5) is 5.69 Å². The summed E-state index contributed by atoms with van der Waals surface area (Å²) in [4.78, 5) is 14.9. The van der Waals surface area contributed by atoms with E-state index in [1.54, 1.807) is 6.33 Å². The fourth-order valence-electron chi connectivity index (χ4n) is 3.67. The molecule has 1 atom stereocenters. The summed E-state index contributed by atoms with van der Waals surface area (Å²) in [5.74, 6) is 0.446. The summed E-state index contributed by atoms with van der Waals surface area (Å²) in [5, 5.41) is 9.04. The minimum atomic E-state index is 0.107. The van der Waals surface area contributed by atoms with Crippen molar-refractivity contribution in [1.82, 2.24) is 14.8 Å². The highest BCUT2D eigenvalue weighted by molar-refractivity contribution is 7.99. The Kier molecular flexibility index (Phi) is 4.99. The zero-order valence-electron chi connectivity index (χ0n) is 15.5. The van der Waals surface area contributed by atoms with Gasteiger partial charge in [0.2, 0.25) is 5.91 Å². The molecule has 0 unspecified atom stereocenters. The quantitative estimate of drug-likeness (QED) is 0.632. The van der Waals surface area contributed by atoms with Crippen molar-refractivity contribution in [3.63, 3.8) is 0 Å². The number of nitrogens with zero attached hydrogens (tertiary/aromatic N) is 4. The predicted molar refractivity (Wildman–Crippen MR) is 109 cm³/mol. The van der Waals surface area contributed by atoms with Gasteiger partial charge in [-0.15, -0.1) is 10.2 Å². The summed E-state index contributed by atoms with van der Waals surface area (Å²) < 4.78 is 1.97. The second-order valence-electron chi connectivity index (χ2n) is 6.70. The van der Waals surface area contributed by atoms with E-state index < -0.39 is 0 Å². The topological polar surface area (TPSA) is 51.0 Å². The number of benzene rings is 2. The third-order valence-electron chi connectivity index (χ3n) is 4.95. The van der Waals surface area contributed by atoms with Gasteiger partial charge in [-0.2, -0.15) is 0 Å². The van der Waals surface area contributed by atoms with Crippen LogP contribution in [0.2, 0.25) is 0 Å². The monoisotopic (exact) mass is 378 g/mol. The Balaban J connectivity index is 1.52. The Labute approximate surface area is 163 Å². The van der Waals surface area contributed by atoms with Gasteiger partial charge >= 0.3 is 0 Å². The van der Waals surface area contributed by atoms with Gasteiger partial charge in [0.1, 0.15) is 6.33 Å². The lowest BCUT2D eigenvalue weighted by atomic mass is 10.1. The molecule has 4 rings (SSSR count). The Morgan fingerprint density at radius 2 is 1.89 bits per heavy atom. The molecule has 1 aliphatic rings. The van der Waals surface area contributed by atoms with Crippen molar-refractivity contribution in [3.8, 4) is 5.69 Å². The molecule has 27 heavy (non-hydrogen) atoms. The van der Waals surface area contributed by atoms with Gasteiger partial charge in [0.05, 0.1) is 11.4 Å². The number of fused-ring (bicyclic) bond motifs is 1. The average Bonchev–Trinajstić information content (AvgIpc) is 3.29. The normalized spacial score (nSPS) is 15.8. The Morgan fingerprint density at radius 3 is 2.70 bits per heavy atom. The highest BCUT2D eigenvalue weighted by Crippen LogP contribution is 2.33. The van der Waals surface area contributed by atoms with E-state index in [0.717, 1.165) is 29.4 Å². The van der Waals surface area contributed by atoms with Crippen molar-refractivity contribution in [2.24, 2.45) is 0 Å². The van der Waals surface area contributed by atoms with Gasteiger partial charge in [-0.25, -0.2) is 0 Å². The molecular formula is C21H22N4OS. The molecule has 0 fully saturated rings. The van der Waals surface area contributed by atoms with Crippen LogP contribution in [0.3, 0.4) is 0 Å². The van der Waals surface area contributed by atoms with E-state index in [1.165, 1.54) is 22.9 Å². The van der Waals surface area contributed by atoms with Crippen LogP contribution >= 0.6 is 11.8 Å². The SMILES string of the molecule is CCc1ccccc1-n1cnnc1SCC(=O)N1c2ccccc2C[C@H]1C. The fraction of sp³-hybridized carbons (Fsp3) is 0.286. The molecule has 1 aliphatic heterocycles. The van der Waals surface area contributed by atoms with Crippen LogP contribution in [0.15, 0.2) is 60.0 Å². The lowest BCUT2D eigenvalue weighted by Gasteiger charge is -2.22. The molecule has 0 saturated heterocycles. The van der Waals surface area contributed by atoms with E-state index in [1.807, 2.05) is 39.8 Å². The number of para-hydroxylation sites is 2. The van der Waals surface area contributed by atoms with E-state index in [-0.39, 0.29) is 11.9 Å². The van der Waals surface area contributed by atoms with Gasteiger partial charge in [0, 0.05) is 11.7 Å². The van der Waals surface area contributed by atoms with Crippen LogP contribution in [0.5, 0.6) is 0 Å². The Hall–Kier alpha value is -2.60. The summed E-state index contributed by atoms with van der Waals surface area (Å²) in [7, 11) is 0. The molecule has 0 spiro atoms. The zero-order chi connectivity index (χ0) is 18.8. The number of hydrogen-bond donors (Lipinski definition) is 0. The number of thioether (sulfide) groups is 1. The number of rotatable bonds is 5. The number of carbonyl (C=O) groups excluding carboxylic acids is 1. The van der Waals surface area contributed by atoms with Crippen LogP contribution in [-0.4, -0.2) is 32.5 Å². The minimum absolute atomic E-state index is 0.107. The molecule has 1 amide bonds. The number of aromatic nitrogens is 3. The van der Waals surface area contributed by atoms with Gasteiger partial charge in [0.25, 0.3) is 0 Å². The lowest BCUT2D eigenvalue weighted by molar-refractivity contribution is -0.116. The Bertz CT molecular complexity index is 968. The smallest absolute Gasteiger partial charge is 0.237 e.